The molecule has 42 heavy (non-hydrogen) atoms. The Hall–Kier alpha value is -4.12. The van der Waals surface area contributed by atoms with Gasteiger partial charge in [0, 0.05) is 25.9 Å². The van der Waals surface area contributed by atoms with E-state index in [0.717, 1.165) is 24.0 Å². The van der Waals surface area contributed by atoms with Crippen LogP contribution in [0.4, 0.5) is 15.3 Å². The molecule has 0 bridgehead atoms. The smallest absolute Gasteiger partial charge is 0.412 e. The van der Waals surface area contributed by atoms with Crippen LogP contribution in [0.25, 0.3) is 0 Å². The van der Waals surface area contributed by atoms with Gasteiger partial charge in [0.2, 0.25) is 0 Å². The molecule has 0 saturated carbocycles. The molecule has 3 N–H and O–H groups in total. The molecule has 2 rings (SSSR count). The van der Waals surface area contributed by atoms with Gasteiger partial charge in [-0.05, 0) is 94.4 Å². The van der Waals surface area contributed by atoms with Crippen molar-refractivity contribution < 1.29 is 38.5 Å². The number of benzene rings is 2. The summed E-state index contributed by atoms with van der Waals surface area (Å²) in [5, 5.41) is 15.8. The van der Waals surface area contributed by atoms with Crippen molar-refractivity contribution in [2.75, 3.05) is 45.3 Å². The standard InChI is InChI=1S/C31H43N3O8/c1-22(35)8-10-24-12-14-26(28(20-24)40-3)34(31(38)39)19-7-17-32-16-5-6-18-33-30(37)42-27-15-13-25(11-9-23(2)36)21-29(27)41-4/h12-15,20-21,32H,5-11,16-19H2,1-4H3,(H,33,37)(H,38,39). The van der Waals surface area contributed by atoms with E-state index in [1.165, 1.54) is 19.1 Å². The summed E-state index contributed by atoms with van der Waals surface area (Å²) in [6, 6.07) is 10.5. The van der Waals surface area contributed by atoms with Crippen LogP contribution in [-0.4, -0.2) is 69.3 Å². The van der Waals surface area contributed by atoms with Crippen molar-refractivity contribution in [3.8, 4) is 17.2 Å². The third-order valence-electron chi connectivity index (χ3n) is 6.51. The fourth-order valence-corrected chi connectivity index (χ4v) is 4.20. The number of carbonyl (C=O) groups is 4. The lowest BCUT2D eigenvalue weighted by Crippen LogP contribution is -2.32. The van der Waals surface area contributed by atoms with E-state index in [4.69, 9.17) is 14.2 Å². The molecule has 0 radical (unpaired) electrons. The van der Waals surface area contributed by atoms with E-state index < -0.39 is 12.2 Å². The van der Waals surface area contributed by atoms with E-state index in [9.17, 15) is 24.3 Å². The Labute approximate surface area is 247 Å². The number of Topliss-reactive ketones (excluding diaryl/α,β-unsaturated/α-hetero) is 2. The number of carboxylic acid groups (broad SMARTS) is 1. The zero-order chi connectivity index (χ0) is 30.9. The number of carbonyl (C=O) groups excluding carboxylic acids is 3. The molecule has 2 amide bonds. The number of unbranched alkanes of at least 4 members (excludes halogenated alkanes) is 1. The first-order valence-electron chi connectivity index (χ1n) is 14.1. The maximum Gasteiger partial charge on any atom is 0.412 e. The summed E-state index contributed by atoms with van der Waals surface area (Å²) >= 11 is 0. The Bertz CT molecular complexity index is 1200. The second-order valence-corrected chi connectivity index (χ2v) is 9.96. The van der Waals surface area contributed by atoms with Gasteiger partial charge in [0.1, 0.15) is 17.3 Å². The zero-order valence-electron chi connectivity index (χ0n) is 25.0. The van der Waals surface area contributed by atoms with Crippen molar-refractivity contribution in [3.63, 3.8) is 0 Å². The Kier molecular flexibility index (Phi) is 14.9. The van der Waals surface area contributed by atoms with Gasteiger partial charge in [0.25, 0.3) is 0 Å². The second-order valence-electron chi connectivity index (χ2n) is 9.96. The molecule has 11 heteroatoms. The van der Waals surface area contributed by atoms with Gasteiger partial charge in [-0.15, -0.1) is 0 Å². The maximum atomic E-state index is 12.2. The van der Waals surface area contributed by atoms with Crippen molar-refractivity contribution in [1.82, 2.24) is 10.6 Å². The predicted molar refractivity (Wildman–Crippen MR) is 160 cm³/mol. The molecule has 0 fully saturated rings. The van der Waals surface area contributed by atoms with Crippen LogP contribution in [0.3, 0.4) is 0 Å². The topological polar surface area (TPSA) is 144 Å². The van der Waals surface area contributed by atoms with E-state index >= 15 is 0 Å². The first-order chi connectivity index (χ1) is 20.1. The van der Waals surface area contributed by atoms with Crippen molar-refractivity contribution in [2.45, 2.75) is 58.8 Å². The van der Waals surface area contributed by atoms with Crippen LogP contribution in [0.2, 0.25) is 0 Å². The number of nitrogens with zero attached hydrogens (tertiary/aromatic N) is 1. The average molecular weight is 586 g/mol. The largest absolute Gasteiger partial charge is 0.495 e. The summed E-state index contributed by atoms with van der Waals surface area (Å²) in [4.78, 5) is 47.8. The molecular formula is C31H43N3O8. The first kappa shape index (κ1) is 34.1. The van der Waals surface area contributed by atoms with E-state index in [0.29, 0.717) is 81.2 Å². The van der Waals surface area contributed by atoms with Crippen LogP contribution in [-0.2, 0) is 22.4 Å². The predicted octanol–water partition coefficient (Wildman–Crippen LogP) is 4.78. The summed E-state index contributed by atoms with van der Waals surface area (Å²) in [5.41, 5.74) is 2.31. The molecule has 0 aliphatic carbocycles. The molecule has 0 atom stereocenters. The fourth-order valence-electron chi connectivity index (χ4n) is 4.20. The third-order valence-corrected chi connectivity index (χ3v) is 6.51. The number of amides is 2. The van der Waals surface area contributed by atoms with Crippen LogP contribution in [0, 0.1) is 0 Å². The number of hydrogen-bond donors (Lipinski definition) is 3. The van der Waals surface area contributed by atoms with Gasteiger partial charge >= 0.3 is 12.2 Å². The maximum absolute atomic E-state index is 12.2. The summed E-state index contributed by atoms with van der Waals surface area (Å²) < 4.78 is 16.1. The van der Waals surface area contributed by atoms with Gasteiger partial charge in [-0.3, -0.25) is 4.90 Å². The first-order valence-corrected chi connectivity index (χ1v) is 14.1. The lowest BCUT2D eigenvalue weighted by atomic mass is 10.1. The summed E-state index contributed by atoms with van der Waals surface area (Å²) in [7, 11) is 2.99. The second kappa shape index (κ2) is 18.3. The molecular weight excluding hydrogens is 542 g/mol. The minimum Gasteiger partial charge on any atom is -0.495 e. The highest BCUT2D eigenvalue weighted by molar-refractivity contribution is 5.88. The van der Waals surface area contributed by atoms with Crippen LogP contribution in [0.15, 0.2) is 36.4 Å². The highest BCUT2D eigenvalue weighted by Gasteiger charge is 2.19. The molecule has 0 aliphatic rings. The molecule has 0 aromatic heterocycles. The number of methoxy groups -OCH3 is 2. The molecule has 2 aromatic rings. The lowest BCUT2D eigenvalue weighted by molar-refractivity contribution is -0.117. The summed E-state index contributed by atoms with van der Waals surface area (Å²) in [5.74, 6) is 1.39. The molecule has 0 unspecified atom stereocenters. The molecule has 0 saturated heterocycles. The minimum absolute atomic E-state index is 0.0958. The number of nitrogens with one attached hydrogen (secondary N) is 2. The monoisotopic (exact) mass is 585 g/mol. The Balaban J connectivity index is 1.68. The molecule has 230 valence electrons. The van der Waals surface area contributed by atoms with E-state index in [1.54, 1.807) is 44.2 Å². The normalized spacial score (nSPS) is 10.6. The Morgan fingerprint density at radius 3 is 1.93 bits per heavy atom. The van der Waals surface area contributed by atoms with Crippen molar-refractivity contribution in [1.29, 1.82) is 0 Å². The van der Waals surface area contributed by atoms with Gasteiger partial charge in [-0.25, -0.2) is 9.59 Å². The molecule has 0 spiro atoms. The zero-order valence-corrected chi connectivity index (χ0v) is 25.0. The van der Waals surface area contributed by atoms with Crippen LogP contribution in [0.5, 0.6) is 17.2 Å². The molecule has 2 aromatic carbocycles. The molecule has 0 heterocycles. The van der Waals surface area contributed by atoms with Gasteiger partial charge in [0.05, 0.1) is 19.9 Å². The van der Waals surface area contributed by atoms with Crippen molar-refractivity contribution in [3.05, 3.63) is 47.5 Å². The minimum atomic E-state index is -1.07. The number of anilines is 1. The number of ketones is 2. The van der Waals surface area contributed by atoms with Gasteiger partial charge in [-0.2, -0.15) is 0 Å². The lowest BCUT2D eigenvalue weighted by Gasteiger charge is -2.22. The van der Waals surface area contributed by atoms with Crippen LogP contribution in [0.1, 0.15) is 57.1 Å². The average Bonchev–Trinajstić information content (AvgIpc) is 2.96. The number of hydrogen-bond acceptors (Lipinski definition) is 8. The van der Waals surface area contributed by atoms with Crippen LogP contribution < -0.4 is 29.7 Å². The van der Waals surface area contributed by atoms with E-state index in [2.05, 4.69) is 10.6 Å². The van der Waals surface area contributed by atoms with Crippen LogP contribution >= 0.6 is 0 Å². The van der Waals surface area contributed by atoms with Gasteiger partial charge < -0.3 is 39.5 Å². The fraction of sp³-hybridized carbons (Fsp3) is 0.484. The quantitative estimate of drug-likeness (QED) is 0.198. The van der Waals surface area contributed by atoms with Crippen molar-refractivity contribution in [2.24, 2.45) is 0 Å². The third kappa shape index (κ3) is 12.2. The summed E-state index contributed by atoms with van der Waals surface area (Å²) in [6.45, 7) is 5.16. The molecule has 0 aliphatic heterocycles. The van der Waals surface area contributed by atoms with Gasteiger partial charge in [0.15, 0.2) is 11.5 Å². The number of ether oxygens (including phenoxy) is 3. The highest BCUT2D eigenvalue weighted by Crippen LogP contribution is 2.30. The Morgan fingerprint density at radius 2 is 1.33 bits per heavy atom. The summed E-state index contributed by atoms with van der Waals surface area (Å²) in [6.07, 6.45) is 2.53. The van der Waals surface area contributed by atoms with E-state index in [-0.39, 0.29) is 11.6 Å². The number of aryl methyl sites for hydroxylation is 2. The van der Waals surface area contributed by atoms with Gasteiger partial charge in [-0.1, -0.05) is 12.1 Å². The molecule has 11 nitrogen and oxygen atoms in total. The van der Waals surface area contributed by atoms with Crippen molar-refractivity contribution >= 4 is 29.4 Å². The Morgan fingerprint density at radius 1 is 0.762 bits per heavy atom. The number of rotatable bonds is 19. The highest BCUT2D eigenvalue weighted by atomic mass is 16.6. The SMILES string of the molecule is COc1cc(CCC(C)=O)ccc1OC(=O)NCCCCNCCCN(C(=O)O)c1ccc(CCC(C)=O)cc1OC. The van der Waals surface area contributed by atoms with E-state index in [1.807, 2.05) is 6.07 Å².